The van der Waals surface area contributed by atoms with Gasteiger partial charge in [0.1, 0.15) is 5.41 Å². The maximum atomic E-state index is 12.0. The number of nitriles is 1. The van der Waals surface area contributed by atoms with Gasteiger partial charge in [-0.05, 0) is 25.7 Å². The van der Waals surface area contributed by atoms with Crippen molar-refractivity contribution in [3.8, 4) is 6.07 Å². The second-order valence-corrected chi connectivity index (χ2v) is 3.62. The van der Waals surface area contributed by atoms with Gasteiger partial charge in [0.05, 0.1) is 12.7 Å². The molecule has 1 rings (SSSR count). The molecule has 0 saturated heterocycles. The van der Waals surface area contributed by atoms with E-state index >= 15 is 0 Å². The summed E-state index contributed by atoms with van der Waals surface area (Å²) in [6.45, 7) is -0.434. The van der Waals surface area contributed by atoms with E-state index in [0.717, 1.165) is 12.8 Å². The average molecular weight is 183 g/mol. The van der Waals surface area contributed by atoms with E-state index in [1.165, 1.54) is 0 Å². The van der Waals surface area contributed by atoms with Crippen LogP contribution >= 0.6 is 0 Å². The van der Waals surface area contributed by atoms with E-state index in [9.17, 15) is 9.18 Å². The quantitative estimate of drug-likeness (QED) is 0.674. The first-order chi connectivity index (χ1) is 6.25. The SMILES string of the molecule is N#CC1(CCCF)CCCCC1=O. The minimum absolute atomic E-state index is 0.0229. The fourth-order valence-electron chi connectivity index (χ4n) is 1.90. The molecule has 3 heteroatoms. The van der Waals surface area contributed by atoms with Gasteiger partial charge in [0, 0.05) is 6.42 Å². The molecule has 1 aliphatic rings. The largest absolute Gasteiger partial charge is 0.298 e. The number of rotatable bonds is 3. The van der Waals surface area contributed by atoms with E-state index in [1.54, 1.807) is 0 Å². The predicted molar refractivity (Wildman–Crippen MR) is 46.7 cm³/mol. The van der Waals surface area contributed by atoms with Gasteiger partial charge >= 0.3 is 0 Å². The first-order valence-corrected chi connectivity index (χ1v) is 4.76. The smallest absolute Gasteiger partial charge is 0.153 e. The van der Waals surface area contributed by atoms with Gasteiger partial charge in [-0.25, -0.2) is 0 Å². The normalized spacial score (nSPS) is 28.5. The van der Waals surface area contributed by atoms with Crippen molar-refractivity contribution in [3.05, 3.63) is 0 Å². The van der Waals surface area contributed by atoms with Crippen molar-refractivity contribution in [2.24, 2.45) is 5.41 Å². The highest BCUT2D eigenvalue weighted by molar-refractivity contribution is 5.88. The second-order valence-electron chi connectivity index (χ2n) is 3.62. The summed E-state index contributed by atoms with van der Waals surface area (Å²) in [5, 5.41) is 8.95. The summed E-state index contributed by atoms with van der Waals surface area (Å²) in [6.07, 6.45) is 3.67. The van der Waals surface area contributed by atoms with Crippen LogP contribution in [0.2, 0.25) is 0 Å². The maximum absolute atomic E-state index is 12.0. The molecule has 1 unspecified atom stereocenters. The Bertz CT molecular complexity index is 234. The van der Waals surface area contributed by atoms with Crippen molar-refractivity contribution in [2.75, 3.05) is 6.67 Å². The molecule has 0 amide bonds. The Morgan fingerprint density at radius 3 is 2.85 bits per heavy atom. The molecular weight excluding hydrogens is 169 g/mol. The standard InChI is InChI=1S/C10H14FNO/c11-7-3-6-10(8-12)5-2-1-4-9(10)13/h1-7H2. The molecule has 72 valence electrons. The van der Waals surface area contributed by atoms with Gasteiger partial charge in [-0.1, -0.05) is 6.42 Å². The number of hydrogen-bond acceptors (Lipinski definition) is 2. The van der Waals surface area contributed by atoms with Crippen LogP contribution in [0.5, 0.6) is 0 Å². The van der Waals surface area contributed by atoms with Crippen LogP contribution in [0.4, 0.5) is 4.39 Å². The highest BCUT2D eigenvalue weighted by Gasteiger charge is 2.39. The molecule has 1 saturated carbocycles. The van der Waals surface area contributed by atoms with Crippen LogP contribution in [0, 0.1) is 16.7 Å². The van der Waals surface area contributed by atoms with Crippen molar-refractivity contribution in [3.63, 3.8) is 0 Å². The van der Waals surface area contributed by atoms with Crippen LogP contribution in [0.1, 0.15) is 38.5 Å². The van der Waals surface area contributed by atoms with Crippen LogP contribution < -0.4 is 0 Å². The maximum Gasteiger partial charge on any atom is 0.153 e. The Morgan fingerprint density at radius 1 is 1.54 bits per heavy atom. The number of halogens is 1. The lowest BCUT2D eigenvalue weighted by molar-refractivity contribution is -0.128. The first kappa shape index (κ1) is 10.2. The number of Topliss-reactive ketones (excluding diaryl/α,β-unsaturated/α-hetero) is 1. The summed E-state index contributed by atoms with van der Waals surface area (Å²) in [7, 11) is 0. The Balaban J connectivity index is 2.66. The van der Waals surface area contributed by atoms with Crippen molar-refractivity contribution in [2.45, 2.75) is 38.5 Å². The van der Waals surface area contributed by atoms with Gasteiger partial charge in [0.25, 0.3) is 0 Å². The van der Waals surface area contributed by atoms with Crippen LogP contribution in [0.25, 0.3) is 0 Å². The molecule has 0 aromatic heterocycles. The number of nitrogens with zero attached hydrogens (tertiary/aromatic N) is 1. The van der Waals surface area contributed by atoms with Crippen LogP contribution in [0.3, 0.4) is 0 Å². The summed E-state index contributed by atoms with van der Waals surface area (Å²) in [4.78, 5) is 11.5. The minimum atomic E-state index is -0.843. The molecule has 1 atom stereocenters. The minimum Gasteiger partial charge on any atom is -0.298 e. The van der Waals surface area contributed by atoms with Crippen molar-refractivity contribution in [1.29, 1.82) is 5.26 Å². The average Bonchev–Trinajstić information content (AvgIpc) is 2.17. The van der Waals surface area contributed by atoms with Crippen molar-refractivity contribution < 1.29 is 9.18 Å². The van der Waals surface area contributed by atoms with E-state index in [2.05, 4.69) is 6.07 Å². The second kappa shape index (κ2) is 4.36. The van der Waals surface area contributed by atoms with Crippen LogP contribution in [0.15, 0.2) is 0 Å². The molecular formula is C10H14FNO. The third kappa shape index (κ3) is 2.06. The molecule has 0 heterocycles. The number of alkyl halides is 1. The Kier molecular flexibility index (Phi) is 3.41. The van der Waals surface area contributed by atoms with Crippen LogP contribution in [-0.4, -0.2) is 12.5 Å². The zero-order valence-electron chi connectivity index (χ0n) is 7.68. The third-order valence-electron chi connectivity index (χ3n) is 2.74. The molecule has 0 radical (unpaired) electrons. The van der Waals surface area contributed by atoms with E-state index < -0.39 is 12.1 Å². The van der Waals surface area contributed by atoms with Crippen molar-refractivity contribution >= 4 is 5.78 Å². The van der Waals surface area contributed by atoms with Gasteiger partial charge < -0.3 is 0 Å². The first-order valence-electron chi connectivity index (χ1n) is 4.76. The molecule has 0 bridgehead atoms. The molecule has 0 aliphatic heterocycles. The number of carbonyl (C=O) groups is 1. The summed E-state index contributed by atoms with van der Waals surface area (Å²) in [6, 6.07) is 2.09. The summed E-state index contributed by atoms with van der Waals surface area (Å²) < 4.78 is 12.0. The fourth-order valence-corrected chi connectivity index (χ4v) is 1.90. The zero-order valence-corrected chi connectivity index (χ0v) is 7.68. The third-order valence-corrected chi connectivity index (χ3v) is 2.74. The molecule has 0 aromatic rings. The molecule has 0 aromatic carbocycles. The summed E-state index contributed by atoms with van der Waals surface area (Å²) >= 11 is 0. The highest BCUT2D eigenvalue weighted by atomic mass is 19.1. The van der Waals surface area contributed by atoms with Gasteiger partial charge in [0.2, 0.25) is 0 Å². The van der Waals surface area contributed by atoms with Gasteiger partial charge in [-0.15, -0.1) is 0 Å². The molecule has 0 N–H and O–H groups in total. The Labute approximate surface area is 77.7 Å². The summed E-state index contributed by atoms with van der Waals surface area (Å²) in [5.41, 5.74) is -0.843. The lowest BCUT2D eigenvalue weighted by atomic mass is 9.71. The fraction of sp³-hybridized carbons (Fsp3) is 0.800. The number of hydrogen-bond donors (Lipinski definition) is 0. The molecule has 1 fully saturated rings. The molecule has 2 nitrogen and oxygen atoms in total. The molecule has 1 aliphatic carbocycles. The van der Waals surface area contributed by atoms with Gasteiger partial charge in [-0.2, -0.15) is 5.26 Å². The van der Waals surface area contributed by atoms with Gasteiger partial charge in [-0.3, -0.25) is 9.18 Å². The zero-order chi connectivity index (χ0) is 9.73. The highest BCUT2D eigenvalue weighted by Crippen LogP contribution is 2.36. The Hall–Kier alpha value is -0.910. The topological polar surface area (TPSA) is 40.9 Å². The monoisotopic (exact) mass is 183 g/mol. The summed E-state index contributed by atoms with van der Waals surface area (Å²) in [5.74, 6) is 0.0229. The van der Waals surface area contributed by atoms with Crippen molar-refractivity contribution in [1.82, 2.24) is 0 Å². The predicted octanol–water partition coefficient (Wildman–Crippen LogP) is 2.39. The van der Waals surface area contributed by atoms with E-state index in [0.29, 0.717) is 25.7 Å². The van der Waals surface area contributed by atoms with E-state index in [-0.39, 0.29) is 5.78 Å². The van der Waals surface area contributed by atoms with E-state index in [1.807, 2.05) is 0 Å². The lowest BCUT2D eigenvalue weighted by Gasteiger charge is -2.28. The number of carbonyl (C=O) groups excluding carboxylic acids is 1. The van der Waals surface area contributed by atoms with Gasteiger partial charge in [0.15, 0.2) is 5.78 Å². The van der Waals surface area contributed by atoms with Crippen LogP contribution in [-0.2, 0) is 4.79 Å². The van der Waals surface area contributed by atoms with E-state index in [4.69, 9.17) is 5.26 Å². The number of ketones is 1. The Morgan fingerprint density at radius 2 is 2.31 bits per heavy atom. The molecule has 13 heavy (non-hydrogen) atoms. The lowest BCUT2D eigenvalue weighted by Crippen LogP contribution is -2.32. The molecule has 0 spiro atoms.